The van der Waals surface area contributed by atoms with Crippen LogP contribution in [0.2, 0.25) is 0 Å². The molecule has 0 atom stereocenters. The molecule has 0 saturated heterocycles. The van der Waals surface area contributed by atoms with E-state index in [1.807, 2.05) is 0 Å². The topological polar surface area (TPSA) is 91.3 Å². The van der Waals surface area contributed by atoms with Crippen molar-refractivity contribution in [1.82, 2.24) is 4.98 Å². The summed E-state index contributed by atoms with van der Waals surface area (Å²) in [6, 6.07) is 8.39. The Balaban J connectivity index is 2.30. The van der Waals surface area contributed by atoms with Crippen molar-refractivity contribution >= 4 is 11.4 Å². The lowest BCUT2D eigenvalue weighted by Crippen LogP contribution is -1.97. The molecule has 1 heterocycles. The fraction of sp³-hybridized carbons (Fsp3) is 0.0833. The molecule has 0 bridgehead atoms. The van der Waals surface area contributed by atoms with Gasteiger partial charge in [-0.1, -0.05) is 12.1 Å². The van der Waals surface area contributed by atoms with Crippen LogP contribution >= 0.6 is 0 Å². The first-order chi connectivity index (χ1) is 8.58. The molecule has 0 aliphatic heterocycles. The van der Waals surface area contributed by atoms with Gasteiger partial charge in [0.25, 0.3) is 5.69 Å². The second-order valence-corrected chi connectivity index (χ2v) is 3.71. The molecule has 2 aromatic rings. The zero-order chi connectivity index (χ0) is 13.1. The minimum Gasteiger partial charge on any atom is -0.437 e. The molecule has 0 radical (unpaired) electrons. The fourth-order valence-electron chi connectivity index (χ4n) is 1.43. The average Bonchev–Trinajstić information content (AvgIpc) is 2.34. The largest absolute Gasteiger partial charge is 0.437 e. The molecule has 1 aromatic carbocycles. The van der Waals surface area contributed by atoms with Gasteiger partial charge in [-0.2, -0.15) is 0 Å². The second kappa shape index (κ2) is 4.70. The van der Waals surface area contributed by atoms with Gasteiger partial charge in [0.1, 0.15) is 6.20 Å². The van der Waals surface area contributed by atoms with Crippen molar-refractivity contribution < 1.29 is 9.66 Å². The molecule has 1 aromatic heterocycles. The Hall–Kier alpha value is -2.63. The van der Waals surface area contributed by atoms with Crippen molar-refractivity contribution in [2.45, 2.75) is 6.92 Å². The molecule has 0 spiro atoms. The Bertz CT molecular complexity index is 599. The van der Waals surface area contributed by atoms with Crippen LogP contribution in [0.3, 0.4) is 0 Å². The maximum atomic E-state index is 10.6. The summed E-state index contributed by atoms with van der Waals surface area (Å²) in [4.78, 5) is 14.0. The zero-order valence-corrected chi connectivity index (χ0v) is 9.66. The summed E-state index contributed by atoms with van der Waals surface area (Å²) in [6.45, 7) is 1.69. The van der Waals surface area contributed by atoms with E-state index in [4.69, 9.17) is 10.5 Å². The smallest absolute Gasteiger partial charge is 0.288 e. The number of nitrogens with two attached hydrogens (primary N) is 1. The van der Waals surface area contributed by atoms with E-state index in [2.05, 4.69) is 4.98 Å². The van der Waals surface area contributed by atoms with E-state index in [1.54, 1.807) is 31.2 Å². The minimum absolute atomic E-state index is 0.0686. The quantitative estimate of drug-likeness (QED) is 0.510. The summed E-state index contributed by atoms with van der Waals surface area (Å²) < 4.78 is 5.52. The summed E-state index contributed by atoms with van der Waals surface area (Å²) in [5.41, 5.74) is 6.73. The van der Waals surface area contributed by atoms with E-state index >= 15 is 0 Å². The number of aromatic nitrogens is 1. The summed E-state index contributed by atoms with van der Waals surface area (Å²) in [5.74, 6) is 0.778. The van der Waals surface area contributed by atoms with Crippen LogP contribution in [0.1, 0.15) is 5.56 Å². The molecule has 92 valence electrons. The summed E-state index contributed by atoms with van der Waals surface area (Å²) in [7, 11) is 0. The molecule has 2 rings (SSSR count). The Morgan fingerprint density at radius 1 is 1.39 bits per heavy atom. The number of nitrogens with zero attached hydrogens (tertiary/aromatic N) is 2. The summed E-state index contributed by atoms with van der Waals surface area (Å²) >= 11 is 0. The number of nitrogen functional groups attached to an aromatic ring is 1. The molecule has 2 N–H and O–H groups in total. The molecule has 0 saturated carbocycles. The first-order valence-electron chi connectivity index (χ1n) is 5.21. The van der Waals surface area contributed by atoms with Crippen LogP contribution < -0.4 is 10.5 Å². The highest BCUT2D eigenvalue weighted by atomic mass is 16.6. The van der Waals surface area contributed by atoms with Crippen LogP contribution in [0.5, 0.6) is 11.6 Å². The van der Waals surface area contributed by atoms with Crippen LogP contribution in [0, 0.1) is 17.0 Å². The number of ether oxygens (including phenoxy) is 1. The third kappa shape index (κ3) is 2.37. The van der Waals surface area contributed by atoms with Crippen molar-refractivity contribution in [1.29, 1.82) is 0 Å². The van der Waals surface area contributed by atoms with E-state index in [0.717, 1.165) is 6.20 Å². The molecule has 6 heteroatoms. The summed E-state index contributed by atoms with van der Waals surface area (Å²) in [5, 5.41) is 10.6. The first kappa shape index (κ1) is 11.8. The van der Waals surface area contributed by atoms with E-state index in [1.165, 1.54) is 6.07 Å². The number of hydrogen-bond donors (Lipinski definition) is 1. The molecule has 0 aliphatic rings. The molecule has 0 unspecified atom stereocenters. The SMILES string of the molecule is Cc1cc([N+](=O)[O-])cnc1Oc1ccccc1N. The van der Waals surface area contributed by atoms with Crippen molar-refractivity contribution in [3.05, 3.63) is 52.2 Å². The number of benzene rings is 1. The number of nitro groups is 1. The molecule has 18 heavy (non-hydrogen) atoms. The second-order valence-electron chi connectivity index (χ2n) is 3.71. The van der Waals surface area contributed by atoms with Crippen LogP contribution in [0.15, 0.2) is 36.5 Å². The van der Waals surface area contributed by atoms with Crippen molar-refractivity contribution in [3.8, 4) is 11.6 Å². The van der Waals surface area contributed by atoms with E-state index in [0.29, 0.717) is 22.9 Å². The Morgan fingerprint density at radius 2 is 2.11 bits per heavy atom. The Morgan fingerprint density at radius 3 is 2.72 bits per heavy atom. The van der Waals surface area contributed by atoms with Crippen molar-refractivity contribution in [2.75, 3.05) is 5.73 Å². The highest BCUT2D eigenvalue weighted by Gasteiger charge is 2.11. The minimum atomic E-state index is -0.499. The van der Waals surface area contributed by atoms with Crippen molar-refractivity contribution in [2.24, 2.45) is 0 Å². The lowest BCUT2D eigenvalue weighted by molar-refractivity contribution is -0.385. The van der Waals surface area contributed by atoms with Crippen molar-refractivity contribution in [3.63, 3.8) is 0 Å². The molecule has 6 nitrogen and oxygen atoms in total. The van der Waals surface area contributed by atoms with Gasteiger partial charge in [0.15, 0.2) is 5.75 Å². The molecular formula is C12H11N3O3. The third-order valence-electron chi connectivity index (χ3n) is 2.35. The standard InChI is InChI=1S/C12H11N3O3/c1-8-6-9(15(16)17)7-14-12(8)18-11-5-3-2-4-10(11)13/h2-7H,13H2,1H3. The van der Waals surface area contributed by atoms with Crippen LogP contribution in [0.4, 0.5) is 11.4 Å². The van der Waals surface area contributed by atoms with Gasteiger partial charge in [0.05, 0.1) is 10.6 Å². The van der Waals surface area contributed by atoms with Gasteiger partial charge in [-0.05, 0) is 19.1 Å². The number of pyridine rings is 1. The fourth-order valence-corrected chi connectivity index (χ4v) is 1.43. The first-order valence-corrected chi connectivity index (χ1v) is 5.21. The highest BCUT2D eigenvalue weighted by Crippen LogP contribution is 2.28. The average molecular weight is 245 g/mol. The predicted molar refractivity (Wildman–Crippen MR) is 66.6 cm³/mol. The molecule has 0 aliphatic carbocycles. The van der Waals surface area contributed by atoms with Gasteiger partial charge in [0, 0.05) is 11.6 Å². The Kier molecular flexibility index (Phi) is 3.09. The number of hydrogen-bond acceptors (Lipinski definition) is 5. The van der Waals surface area contributed by atoms with Gasteiger partial charge < -0.3 is 10.5 Å². The molecular weight excluding hydrogens is 234 g/mol. The highest BCUT2D eigenvalue weighted by molar-refractivity contribution is 5.53. The van der Waals surface area contributed by atoms with Gasteiger partial charge in [-0.25, -0.2) is 4.98 Å². The van der Waals surface area contributed by atoms with E-state index < -0.39 is 4.92 Å². The number of anilines is 1. The number of aryl methyl sites for hydroxylation is 1. The number of para-hydroxylation sites is 2. The van der Waals surface area contributed by atoms with Gasteiger partial charge in [-0.3, -0.25) is 10.1 Å². The van der Waals surface area contributed by atoms with Gasteiger partial charge in [-0.15, -0.1) is 0 Å². The third-order valence-corrected chi connectivity index (χ3v) is 2.35. The van der Waals surface area contributed by atoms with Crippen LogP contribution in [-0.2, 0) is 0 Å². The normalized spacial score (nSPS) is 10.1. The predicted octanol–water partition coefficient (Wildman–Crippen LogP) is 2.67. The molecule has 0 amide bonds. The number of rotatable bonds is 3. The summed E-state index contributed by atoms with van der Waals surface area (Å²) in [6.07, 6.45) is 1.15. The van der Waals surface area contributed by atoms with Crippen LogP contribution in [0.25, 0.3) is 0 Å². The monoisotopic (exact) mass is 245 g/mol. The maximum Gasteiger partial charge on any atom is 0.288 e. The van der Waals surface area contributed by atoms with Gasteiger partial charge >= 0.3 is 0 Å². The van der Waals surface area contributed by atoms with E-state index in [-0.39, 0.29) is 5.69 Å². The lowest BCUT2D eigenvalue weighted by Gasteiger charge is -2.08. The van der Waals surface area contributed by atoms with Gasteiger partial charge in [0.2, 0.25) is 5.88 Å². The zero-order valence-electron chi connectivity index (χ0n) is 9.66. The lowest BCUT2D eigenvalue weighted by atomic mass is 10.2. The molecule has 0 fully saturated rings. The van der Waals surface area contributed by atoms with Crippen LogP contribution in [-0.4, -0.2) is 9.91 Å². The Labute approximate surface area is 103 Å². The van der Waals surface area contributed by atoms with E-state index in [9.17, 15) is 10.1 Å². The maximum absolute atomic E-state index is 10.6.